The normalized spacial score (nSPS) is 18.1. The molecule has 2 heterocycles. The summed E-state index contributed by atoms with van der Waals surface area (Å²) in [6, 6.07) is 20.8. The van der Waals surface area contributed by atoms with Crippen molar-refractivity contribution >= 4 is 32.3 Å². The molecule has 3 nitrogen and oxygen atoms in total. The molecule has 0 bridgehead atoms. The fraction of sp³-hybridized carbons (Fsp3) is 0.227. The molecule has 0 unspecified atom stereocenters. The topological polar surface area (TPSA) is 36.4 Å². The number of phenols is 1. The first-order chi connectivity index (χ1) is 12.8. The second-order valence-corrected chi connectivity index (χ2v) is 7.99. The van der Waals surface area contributed by atoms with Gasteiger partial charge in [0.05, 0.1) is 16.3 Å². The van der Waals surface area contributed by atoms with Crippen LogP contribution in [0.3, 0.4) is 0 Å². The van der Waals surface area contributed by atoms with Gasteiger partial charge in [-0.25, -0.2) is 4.98 Å². The third kappa shape index (κ3) is 2.66. The van der Waals surface area contributed by atoms with Crippen molar-refractivity contribution in [2.45, 2.75) is 25.4 Å². The van der Waals surface area contributed by atoms with E-state index < -0.39 is 0 Å². The van der Waals surface area contributed by atoms with E-state index in [0.717, 1.165) is 36.0 Å². The highest BCUT2D eigenvalue weighted by atomic mass is 32.1. The molecule has 130 valence electrons. The van der Waals surface area contributed by atoms with Crippen LogP contribution in [0.15, 0.2) is 60.7 Å². The zero-order valence-corrected chi connectivity index (χ0v) is 15.2. The van der Waals surface area contributed by atoms with Crippen molar-refractivity contribution < 1.29 is 5.11 Å². The lowest BCUT2D eigenvalue weighted by molar-refractivity contribution is 0.246. The minimum absolute atomic E-state index is 0.339. The summed E-state index contributed by atoms with van der Waals surface area (Å²) in [5.74, 6) is 0.388. The largest absolute Gasteiger partial charge is 0.508 e. The summed E-state index contributed by atoms with van der Waals surface area (Å²) in [5.41, 5.74) is 2.11. The molecular formula is C22H20N2OS. The number of benzene rings is 3. The first-order valence-corrected chi connectivity index (χ1v) is 9.90. The van der Waals surface area contributed by atoms with E-state index in [1.54, 1.807) is 11.3 Å². The van der Waals surface area contributed by atoms with Gasteiger partial charge in [-0.2, -0.15) is 0 Å². The predicted octanol–water partition coefficient (Wildman–Crippen LogP) is 5.49. The van der Waals surface area contributed by atoms with E-state index in [1.807, 2.05) is 30.3 Å². The Labute approximate surface area is 156 Å². The Balaban J connectivity index is 1.51. The van der Waals surface area contributed by atoms with Gasteiger partial charge in [0.2, 0.25) is 0 Å². The molecule has 0 radical (unpaired) electrons. The highest BCUT2D eigenvalue weighted by molar-refractivity contribution is 7.18. The van der Waals surface area contributed by atoms with E-state index in [2.05, 4.69) is 35.2 Å². The van der Waals surface area contributed by atoms with Gasteiger partial charge < -0.3 is 5.11 Å². The number of rotatable bonds is 3. The molecule has 1 N–H and O–H groups in total. The Kier molecular flexibility index (Phi) is 3.88. The Morgan fingerprint density at radius 1 is 1.04 bits per heavy atom. The second-order valence-electron chi connectivity index (χ2n) is 6.93. The van der Waals surface area contributed by atoms with E-state index in [-0.39, 0.29) is 0 Å². The summed E-state index contributed by atoms with van der Waals surface area (Å²) in [6.07, 6.45) is 2.30. The SMILES string of the molecule is Oc1ccc2ccccc2c1CN1CCC[C@H]1c1nc2ccccc2s1. The second kappa shape index (κ2) is 6.38. The van der Waals surface area contributed by atoms with Gasteiger partial charge in [0, 0.05) is 12.1 Å². The van der Waals surface area contributed by atoms with Crippen molar-refractivity contribution in [2.24, 2.45) is 0 Å². The average molecular weight is 360 g/mol. The van der Waals surface area contributed by atoms with Crippen LogP contribution < -0.4 is 0 Å². The molecule has 0 saturated carbocycles. The van der Waals surface area contributed by atoms with Crippen molar-refractivity contribution in [3.05, 3.63) is 71.2 Å². The molecule has 3 aromatic carbocycles. The zero-order chi connectivity index (χ0) is 17.5. The number of para-hydroxylation sites is 1. The van der Waals surface area contributed by atoms with Crippen molar-refractivity contribution in [1.29, 1.82) is 0 Å². The highest BCUT2D eigenvalue weighted by Crippen LogP contribution is 2.39. The number of nitrogens with zero attached hydrogens (tertiary/aromatic N) is 2. The first-order valence-electron chi connectivity index (χ1n) is 9.09. The quantitative estimate of drug-likeness (QED) is 0.525. The number of likely N-dealkylation sites (tertiary alicyclic amines) is 1. The molecule has 0 aliphatic carbocycles. The molecule has 26 heavy (non-hydrogen) atoms. The van der Waals surface area contributed by atoms with Crippen LogP contribution in [0, 0.1) is 0 Å². The Bertz CT molecular complexity index is 1050. The summed E-state index contributed by atoms with van der Waals surface area (Å²) >= 11 is 1.80. The summed E-state index contributed by atoms with van der Waals surface area (Å²) < 4.78 is 1.25. The average Bonchev–Trinajstić information content (AvgIpc) is 3.30. The first kappa shape index (κ1) is 15.8. The summed E-state index contributed by atoms with van der Waals surface area (Å²) in [7, 11) is 0. The lowest BCUT2D eigenvalue weighted by Crippen LogP contribution is -2.22. The number of phenolic OH excluding ortho intramolecular Hbond substituents is 1. The van der Waals surface area contributed by atoms with E-state index in [9.17, 15) is 5.11 Å². The number of aromatic nitrogens is 1. The van der Waals surface area contributed by atoms with Gasteiger partial charge >= 0.3 is 0 Å². The third-order valence-electron chi connectivity index (χ3n) is 5.34. The van der Waals surface area contributed by atoms with Crippen LogP contribution >= 0.6 is 11.3 Å². The molecular weight excluding hydrogens is 340 g/mol. The highest BCUT2D eigenvalue weighted by Gasteiger charge is 2.29. The maximum Gasteiger partial charge on any atom is 0.120 e. The van der Waals surface area contributed by atoms with Crippen LogP contribution in [0.2, 0.25) is 0 Å². The predicted molar refractivity (Wildman–Crippen MR) is 108 cm³/mol. The van der Waals surface area contributed by atoms with Gasteiger partial charge in [0.25, 0.3) is 0 Å². The van der Waals surface area contributed by atoms with Crippen LogP contribution in [-0.4, -0.2) is 21.5 Å². The fourth-order valence-corrected chi connectivity index (χ4v) is 5.16. The Morgan fingerprint density at radius 2 is 1.88 bits per heavy atom. The summed E-state index contributed by atoms with van der Waals surface area (Å²) in [5, 5.41) is 14.0. The molecule has 1 atom stereocenters. The smallest absolute Gasteiger partial charge is 0.120 e. The molecule has 4 heteroatoms. The van der Waals surface area contributed by atoms with Crippen LogP contribution in [0.1, 0.15) is 29.5 Å². The number of hydrogen-bond acceptors (Lipinski definition) is 4. The van der Waals surface area contributed by atoms with Crippen LogP contribution in [0.25, 0.3) is 21.0 Å². The molecule has 1 aliphatic rings. The summed E-state index contributed by atoms with van der Waals surface area (Å²) in [6.45, 7) is 1.80. The number of fused-ring (bicyclic) bond motifs is 2. The van der Waals surface area contributed by atoms with Crippen LogP contribution in [-0.2, 0) is 6.54 Å². The molecule has 0 amide bonds. The minimum atomic E-state index is 0.339. The van der Waals surface area contributed by atoms with Gasteiger partial charge in [-0.3, -0.25) is 4.90 Å². The molecule has 5 rings (SSSR count). The minimum Gasteiger partial charge on any atom is -0.508 e. The molecule has 1 aromatic heterocycles. The van der Waals surface area contributed by atoms with Crippen molar-refractivity contribution in [3.8, 4) is 5.75 Å². The number of aromatic hydroxyl groups is 1. The van der Waals surface area contributed by atoms with Gasteiger partial charge in [-0.05, 0) is 48.4 Å². The Hall–Kier alpha value is -2.43. The van der Waals surface area contributed by atoms with Crippen molar-refractivity contribution in [3.63, 3.8) is 0 Å². The van der Waals surface area contributed by atoms with Gasteiger partial charge in [-0.1, -0.05) is 42.5 Å². The summed E-state index contributed by atoms with van der Waals surface area (Å²) in [4.78, 5) is 7.36. The van der Waals surface area contributed by atoms with E-state index in [4.69, 9.17) is 4.98 Å². The van der Waals surface area contributed by atoms with Gasteiger partial charge in [0.15, 0.2) is 0 Å². The lowest BCUT2D eigenvalue weighted by atomic mass is 10.0. The number of hydrogen-bond donors (Lipinski definition) is 1. The molecule has 1 aliphatic heterocycles. The van der Waals surface area contributed by atoms with E-state index >= 15 is 0 Å². The van der Waals surface area contributed by atoms with Crippen LogP contribution in [0.4, 0.5) is 0 Å². The molecule has 0 spiro atoms. The maximum absolute atomic E-state index is 10.5. The van der Waals surface area contributed by atoms with E-state index in [0.29, 0.717) is 11.8 Å². The molecule has 1 fully saturated rings. The van der Waals surface area contributed by atoms with Crippen molar-refractivity contribution in [2.75, 3.05) is 6.54 Å². The van der Waals surface area contributed by atoms with Gasteiger partial charge in [-0.15, -0.1) is 11.3 Å². The third-order valence-corrected chi connectivity index (χ3v) is 6.47. The fourth-order valence-electron chi connectivity index (χ4n) is 4.02. The zero-order valence-electron chi connectivity index (χ0n) is 14.4. The van der Waals surface area contributed by atoms with Gasteiger partial charge in [0.1, 0.15) is 10.8 Å². The monoisotopic (exact) mass is 360 g/mol. The maximum atomic E-state index is 10.5. The molecule has 1 saturated heterocycles. The Morgan fingerprint density at radius 3 is 2.81 bits per heavy atom. The van der Waals surface area contributed by atoms with Crippen molar-refractivity contribution in [1.82, 2.24) is 9.88 Å². The standard InChI is InChI=1S/C22H20N2OS/c25-20-12-11-15-6-1-2-7-16(15)17(20)14-24-13-5-9-19(24)22-23-18-8-3-4-10-21(18)26-22/h1-4,6-8,10-12,19,25H,5,9,13-14H2/t19-/m0/s1. The lowest BCUT2D eigenvalue weighted by Gasteiger charge is -2.24. The molecule has 4 aromatic rings. The van der Waals surface area contributed by atoms with Crippen LogP contribution in [0.5, 0.6) is 5.75 Å². The van der Waals surface area contributed by atoms with E-state index in [1.165, 1.54) is 21.5 Å². The number of thiazole rings is 1.